The highest BCUT2D eigenvalue weighted by Crippen LogP contribution is 2.35. The zero-order valence-electron chi connectivity index (χ0n) is 10.8. The van der Waals surface area contributed by atoms with Crippen molar-refractivity contribution in [1.29, 1.82) is 0 Å². The van der Waals surface area contributed by atoms with E-state index in [1.807, 2.05) is 6.26 Å². The first-order valence-corrected chi connectivity index (χ1v) is 6.62. The fraction of sp³-hybridized carbons (Fsp3) is 0.600. The lowest BCUT2D eigenvalue weighted by Gasteiger charge is -2.30. The molecule has 0 aromatic carbocycles. The van der Waals surface area contributed by atoms with Gasteiger partial charge in [0, 0.05) is 11.1 Å². The molecule has 1 N–H and O–H groups in total. The molecule has 0 saturated heterocycles. The third-order valence-electron chi connectivity index (χ3n) is 4.39. The predicted molar refractivity (Wildman–Crippen MR) is 67.8 cm³/mol. The fourth-order valence-corrected chi connectivity index (χ4v) is 3.43. The molecule has 0 aliphatic heterocycles. The Kier molecular flexibility index (Phi) is 2.35. The molecule has 2 aliphatic carbocycles. The molecule has 0 bridgehead atoms. The van der Waals surface area contributed by atoms with Crippen LogP contribution in [0.4, 0.5) is 0 Å². The highest BCUT2D eigenvalue weighted by molar-refractivity contribution is 5.59. The average molecular weight is 232 g/mol. The van der Waals surface area contributed by atoms with E-state index in [2.05, 4.69) is 20.8 Å². The van der Waals surface area contributed by atoms with Gasteiger partial charge >= 0.3 is 0 Å². The second-order valence-electron chi connectivity index (χ2n) is 5.87. The summed E-state index contributed by atoms with van der Waals surface area (Å²) in [5.74, 6) is 1.98. The second kappa shape index (κ2) is 3.66. The van der Waals surface area contributed by atoms with Crippen LogP contribution in [0.15, 0.2) is 10.7 Å². The van der Waals surface area contributed by atoms with Gasteiger partial charge in [-0.25, -0.2) is 0 Å². The molecule has 1 aromatic heterocycles. The Morgan fingerprint density at radius 3 is 2.88 bits per heavy atom. The molecule has 0 radical (unpaired) electrons. The Hall–Kier alpha value is -1.18. The molecule has 0 spiro atoms. The Morgan fingerprint density at radius 1 is 1.41 bits per heavy atom. The molecule has 17 heavy (non-hydrogen) atoms. The summed E-state index contributed by atoms with van der Waals surface area (Å²) >= 11 is 0. The molecule has 0 fully saturated rings. The first-order chi connectivity index (χ1) is 8.09. The Bertz CT molecular complexity index is 562. The van der Waals surface area contributed by atoms with Crippen molar-refractivity contribution in [2.24, 2.45) is 17.8 Å². The van der Waals surface area contributed by atoms with E-state index in [1.54, 1.807) is 0 Å². The van der Waals surface area contributed by atoms with Gasteiger partial charge in [-0.1, -0.05) is 26.3 Å². The zero-order chi connectivity index (χ0) is 12.2. The van der Waals surface area contributed by atoms with Crippen molar-refractivity contribution in [3.05, 3.63) is 22.5 Å². The van der Waals surface area contributed by atoms with Crippen molar-refractivity contribution in [3.8, 4) is 0 Å². The third kappa shape index (κ3) is 1.46. The van der Waals surface area contributed by atoms with E-state index in [0.29, 0.717) is 17.6 Å². The van der Waals surface area contributed by atoms with Gasteiger partial charge in [0.15, 0.2) is 5.42 Å². The van der Waals surface area contributed by atoms with E-state index in [4.69, 9.17) is 4.42 Å². The molecule has 2 nitrogen and oxygen atoms in total. The first kappa shape index (κ1) is 10.9. The maximum absolute atomic E-state index is 10.1. The van der Waals surface area contributed by atoms with Crippen LogP contribution in [0, 0.1) is 17.8 Å². The number of furan rings is 1. The number of rotatable bonds is 1. The summed E-state index contributed by atoms with van der Waals surface area (Å²) in [6.45, 7) is 6.68. The SMILES string of the molecule is CC1CC2=c3c(coc3=C1O)CC[C@H]2C(C)C. The van der Waals surface area contributed by atoms with Gasteiger partial charge in [-0.3, -0.25) is 0 Å². The van der Waals surface area contributed by atoms with Gasteiger partial charge in [0.25, 0.3) is 0 Å². The highest BCUT2D eigenvalue weighted by atomic mass is 16.3. The van der Waals surface area contributed by atoms with Crippen molar-refractivity contribution in [2.45, 2.75) is 40.0 Å². The van der Waals surface area contributed by atoms with Crippen LogP contribution in [0.25, 0.3) is 11.3 Å². The van der Waals surface area contributed by atoms with Crippen LogP contribution >= 0.6 is 0 Å². The lowest BCUT2D eigenvalue weighted by molar-refractivity contribution is 0.382. The van der Waals surface area contributed by atoms with Crippen molar-refractivity contribution < 1.29 is 9.52 Å². The number of hydrogen-bond acceptors (Lipinski definition) is 2. The van der Waals surface area contributed by atoms with Crippen molar-refractivity contribution in [3.63, 3.8) is 0 Å². The number of aliphatic hydroxyl groups is 1. The van der Waals surface area contributed by atoms with Crippen molar-refractivity contribution >= 4 is 11.3 Å². The molecule has 0 saturated carbocycles. The molecule has 1 aromatic rings. The fourth-order valence-electron chi connectivity index (χ4n) is 3.43. The molecule has 2 aliphatic rings. The molecule has 1 unspecified atom stereocenters. The van der Waals surface area contributed by atoms with E-state index in [0.717, 1.165) is 18.3 Å². The summed E-state index contributed by atoms with van der Waals surface area (Å²) < 4.78 is 5.59. The van der Waals surface area contributed by atoms with E-state index >= 15 is 0 Å². The smallest absolute Gasteiger partial charge is 0.171 e. The minimum Gasteiger partial charge on any atom is -0.508 e. The molecule has 0 amide bonds. The highest BCUT2D eigenvalue weighted by Gasteiger charge is 2.31. The van der Waals surface area contributed by atoms with Gasteiger partial charge in [0.05, 0.1) is 6.26 Å². The van der Waals surface area contributed by atoms with Crippen LogP contribution in [0.1, 0.15) is 39.2 Å². The van der Waals surface area contributed by atoms with Crippen LogP contribution < -0.4 is 10.6 Å². The normalized spacial score (nSPS) is 27.5. The number of aryl methyl sites for hydroxylation is 1. The second-order valence-corrected chi connectivity index (χ2v) is 5.87. The molecule has 3 rings (SSSR count). The van der Waals surface area contributed by atoms with E-state index in [1.165, 1.54) is 22.8 Å². The maximum Gasteiger partial charge on any atom is 0.171 e. The average Bonchev–Trinajstić information content (AvgIpc) is 2.71. The van der Waals surface area contributed by atoms with Gasteiger partial charge in [0.1, 0.15) is 5.76 Å². The first-order valence-electron chi connectivity index (χ1n) is 6.62. The number of hydrogen-bond donors (Lipinski definition) is 1. The number of aliphatic hydroxyl groups excluding tert-OH is 1. The van der Waals surface area contributed by atoms with Crippen LogP contribution in [0.5, 0.6) is 0 Å². The van der Waals surface area contributed by atoms with Crippen LogP contribution in [-0.2, 0) is 6.42 Å². The lowest BCUT2D eigenvalue weighted by atomic mass is 9.74. The Morgan fingerprint density at radius 2 is 2.18 bits per heavy atom. The van der Waals surface area contributed by atoms with E-state index in [9.17, 15) is 5.11 Å². The summed E-state index contributed by atoms with van der Waals surface area (Å²) in [6.07, 6.45) is 5.16. The van der Waals surface area contributed by atoms with E-state index < -0.39 is 0 Å². The summed E-state index contributed by atoms with van der Waals surface area (Å²) in [5, 5.41) is 11.4. The molecule has 2 heteroatoms. The minimum absolute atomic E-state index is 0.204. The third-order valence-corrected chi connectivity index (χ3v) is 4.39. The quantitative estimate of drug-likeness (QED) is 0.806. The van der Waals surface area contributed by atoms with Gasteiger partial charge in [-0.15, -0.1) is 0 Å². The predicted octanol–water partition coefficient (Wildman–Crippen LogP) is 2.35. The monoisotopic (exact) mass is 232 g/mol. The Balaban J connectivity index is 2.33. The lowest BCUT2D eigenvalue weighted by Crippen LogP contribution is -2.39. The minimum atomic E-state index is 0.204. The van der Waals surface area contributed by atoms with Gasteiger partial charge < -0.3 is 9.52 Å². The summed E-state index contributed by atoms with van der Waals surface area (Å²) in [6, 6.07) is 0. The molecular weight excluding hydrogens is 212 g/mol. The molecule has 92 valence electrons. The van der Waals surface area contributed by atoms with Crippen molar-refractivity contribution in [2.75, 3.05) is 0 Å². The van der Waals surface area contributed by atoms with Crippen LogP contribution in [0.3, 0.4) is 0 Å². The molecule has 2 atom stereocenters. The zero-order valence-corrected chi connectivity index (χ0v) is 10.8. The van der Waals surface area contributed by atoms with Crippen LogP contribution in [-0.4, -0.2) is 5.11 Å². The molecular formula is C15H20O2. The van der Waals surface area contributed by atoms with Gasteiger partial charge in [0.2, 0.25) is 0 Å². The van der Waals surface area contributed by atoms with Gasteiger partial charge in [-0.05, 0) is 36.7 Å². The van der Waals surface area contributed by atoms with Crippen molar-refractivity contribution in [1.82, 2.24) is 0 Å². The summed E-state index contributed by atoms with van der Waals surface area (Å²) in [7, 11) is 0. The summed E-state index contributed by atoms with van der Waals surface area (Å²) in [4.78, 5) is 0. The largest absolute Gasteiger partial charge is 0.508 e. The van der Waals surface area contributed by atoms with Crippen LogP contribution in [0.2, 0.25) is 0 Å². The van der Waals surface area contributed by atoms with E-state index in [-0.39, 0.29) is 5.92 Å². The standard InChI is InChI=1S/C15H20O2/c1-8(2)11-5-4-10-7-17-15-13(10)12(11)6-9(3)14(15)16/h7-9,11,16H,4-6H2,1-3H3/t9?,11-/m0/s1. The molecule has 1 heterocycles. The topological polar surface area (TPSA) is 33.4 Å². The Labute approximate surface area is 102 Å². The summed E-state index contributed by atoms with van der Waals surface area (Å²) in [5.41, 5.74) is 3.57. The maximum atomic E-state index is 10.1. The van der Waals surface area contributed by atoms with Gasteiger partial charge in [-0.2, -0.15) is 0 Å².